The molecule has 30 heavy (non-hydrogen) atoms. The number of allylic oxidation sites excluding steroid dienone is 2. The molecule has 0 atom stereocenters. The number of benzene rings is 2. The van der Waals surface area contributed by atoms with Gasteiger partial charge in [-0.15, -0.1) is 0 Å². The highest BCUT2D eigenvalue weighted by molar-refractivity contribution is 5.79. The fraction of sp³-hybridized carbons (Fsp3) is 0.208. The van der Waals surface area contributed by atoms with Crippen LogP contribution < -0.4 is 5.84 Å². The van der Waals surface area contributed by atoms with Crippen LogP contribution in [-0.2, 0) is 11.2 Å². The van der Waals surface area contributed by atoms with Gasteiger partial charge in [0.05, 0.1) is 5.70 Å². The summed E-state index contributed by atoms with van der Waals surface area (Å²) in [6.07, 6.45) is 3.15. The van der Waals surface area contributed by atoms with Gasteiger partial charge in [0.1, 0.15) is 6.29 Å². The van der Waals surface area contributed by atoms with Gasteiger partial charge in [-0.05, 0) is 55.2 Å². The zero-order valence-electron chi connectivity index (χ0n) is 17.6. The molecule has 0 bridgehead atoms. The SMILES string of the molecule is C=C(/C=C(/c1ccccc1)N(N)CC)c1nc(-c2cc(C)c(CC=O)cc2C)no1. The third-order valence-electron chi connectivity index (χ3n) is 4.96. The summed E-state index contributed by atoms with van der Waals surface area (Å²) in [5, 5.41) is 5.79. The Kier molecular flexibility index (Phi) is 6.59. The lowest BCUT2D eigenvalue weighted by Crippen LogP contribution is -2.29. The van der Waals surface area contributed by atoms with Crippen LogP contribution in [0, 0.1) is 13.8 Å². The van der Waals surface area contributed by atoms with E-state index in [0.29, 0.717) is 30.3 Å². The summed E-state index contributed by atoms with van der Waals surface area (Å²) in [5.74, 6) is 7.00. The van der Waals surface area contributed by atoms with Crippen LogP contribution in [0.5, 0.6) is 0 Å². The van der Waals surface area contributed by atoms with Crippen molar-refractivity contribution in [3.05, 3.63) is 83.3 Å². The van der Waals surface area contributed by atoms with E-state index in [2.05, 4.69) is 16.7 Å². The third-order valence-corrected chi connectivity index (χ3v) is 4.96. The Morgan fingerprint density at radius 2 is 1.93 bits per heavy atom. The predicted molar refractivity (Wildman–Crippen MR) is 119 cm³/mol. The summed E-state index contributed by atoms with van der Waals surface area (Å²) < 4.78 is 5.48. The molecule has 154 valence electrons. The second-order valence-corrected chi connectivity index (χ2v) is 7.09. The van der Waals surface area contributed by atoms with E-state index in [1.807, 2.05) is 69.3 Å². The average Bonchev–Trinajstić information content (AvgIpc) is 3.24. The molecule has 1 aromatic heterocycles. The van der Waals surface area contributed by atoms with Crippen molar-refractivity contribution in [2.45, 2.75) is 27.2 Å². The standard InChI is InChI=1S/C24H26N4O2/c1-5-28(25)22(19-9-7-6-8-10-19)15-18(4)24-26-23(27-30-24)21-14-16(2)20(11-12-29)13-17(21)3/h6-10,12-15H,4-5,11,25H2,1-3H3/b22-15-. The van der Waals surface area contributed by atoms with Crippen LogP contribution in [0.2, 0.25) is 0 Å². The zero-order chi connectivity index (χ0) is 21.7. The smallest absolute Gasteiger partial charge is 0.257 e. The number of carbonyl (C=O) groups excluding carboxylic acids is 1. The van der Waals surface area contributed by atoms with Crippen molar-refractivity contribution in [1.29, 1.82) is 0 Å². The summed E-state index contributed by atoms with van der Waals surface area (Å²) in [7, 11) is 0. The van der Waals surface area contributed by atoms with Crippen molar-refractivity contribution in [3.8, 4) is 11.4 Å². The molecule has 0 fully saturated rings. The molecule has 0 amide bonds. The van der Waals surface area contributed by atoms with Gasteiger partial charge in [-0.3, -0.25) is 0 Å². The van der Waals surface area contributed by atoms with Crippen LogP contribution in [0.25, 0.3) is 22.7 Å². The average molecular weight is 402 g/mol. The first kappa shape index (κ1) is 21.2. The highest BCUT2D eigenvalue weighted by atomic mass is 16.5. The van der Waals surface area contributed by atoms with E-state index >= 15 is 0 Å². The molecule has 6 heteroatoms. The number of aldehydes is 1. The number of aromatic nitrogens is 2. The number of carbonyl (C=O) groups is 1. The van der Waals surface area contributed by atoms with Gasteiger partial charge < -0.3 is 14.3 Å². The van der Waals surface area contributed by atoms with Gasteiger partial charge in [-0.25, -0.2) is 5.84 Å². The zero-order valence-corrected chi connectivity index (χ0v) is 17.6. The number of nitrogens with two attached hydrogens (primary N) is 1. The maximum Gasteiger partial charge on any atom is 0.257 e. The molecule has 0 saturated carbocycles. The maximum atomic E-state index is 10.9. The third kappa shape index (κ3) is 4.55. The lowest BCUT2D eigenvalue weighted by Gasteiger charge is -2.20. The molecule has 3 aromatic rings. The van der Waals surface area contributed by atoms with Gasteiger partial charge in [0, 0.05) is 24.1 Å². The number of hydrogen-bond donors (Lipinski definition) is 1. The van der Waals surface area contributed by atoms with Crippen LogP contribution in [0.3, 0.4) is 0 Å². The topological polar surface area (TPSA) is 85.2 Å². The number of aryl methyl sites for hydroxylation is 2. The van der Waals surface area contributed by atoms with E-state index < -0.39 is 0 Å². The molecule has 2 aromatic carbocycles. The van der Waals surface area contributed by atoms with Crippen molar-refractivity contribution in [3.63, 3.8) is 0 Å². The summed E-state index contributed by atoms with van der Waals surface area (Å²) in [6, 6.07) is 13.8. The number of nitrogens with zero attached hydrogens (tertiary/aromatic N) is 3. The minimum Gasteiger partial charge on any atom is -0.334 e. The van der Waals surface area contributed by atoms with Crippen LogP contribution >= 0.6 is 0 Å². The summed E-state index contributed by atoms with van der Waals surface area (Å²) in [6.45, 7) is 10.6. The van der Waals surface area contributed by atoms with Crippen LogP contribution in [0.15, 0.2) is 59.6 Å². The van der Waals surface area contributed by atoms with E-state index in [1.54, 1.807) is 5.01 Å². The Balaban J connectivity index is 1.93. The first-order valence-electron chi connectivity index (χ1n) is 9.81. The predicted octanol–water partition coefficient (Wildman–Crippen LogP) is 4.34. The van der Waals surface area contributed by atoms with Gasteiger partial charge in [0.2, 0.25) is 5.82 Å². The Morgan fingerprint density at radius 3 is 2.60 bits per heavy atom. The second-order valence-electron chi connectivity index (χ2n) is 7.09. The highest BCUT2D eigenvalue weighted by Crippen LogP contribution is 2.27. The Bertz CT molecular complexity index is 1080. The molecule has 0 unspecified atom stereocenters. The van der Waals surface area contributed by atoms with Crippen molar-refractivity contribution < 1.29 is 9.32 Å². The van der Waals surface area contributed by atoms with Gasteiger partial charge in [0.25, 0.3) is 5.89 Å². The van der Waals surface area contributed by atoms with Crippen molar-refractivity contribution >= 4 is 17.6 Å². The van der Waals surface area contributed by atoms with E-state index in [9.17, 15) is 4.79 Å². The molecule has 6 nitrogen and oxygen atoms in total. The van der Waals surface area contributed by atoms with Crippen LogP contribution in [0.4, 0.5) is 0 Å². The molecule has 0 aliphatic carbocycles. The molecule has 2 N–H and O–H groups in total. The molecule has 0 radical (unpaired) electrons. The lowest BCUT2D eigenvalue weighted by molar-refractivity contribution is -0.107. The van der Waals surface area contributed by atoms with E-state index in [1.165, 1.54) is 0 Å². The summed E-state index contributed by atoms with van der Waals surface area (Å²) in [5.41, 5.74) is 6.22. The minimum atomic E-state index is 0.331. The Labute approximate surface area is 176 Å². The molecule has 0 aliphatic heterocycles. The molecule has 0 aliphatic rings. The monoisotopic (exact) mass is 402 g/mol. The van der Waals surface area contributed by atoms with Crippen molar-refractivity contribution in [1.82, 2.24) is 15.1 Å². The van der Waals surface area contributed by atoms with Gasteiger partial charge in [-0.2, -0.15) is 4.98 Å². The van der Waals surface area contributed by atoms with E-state index in [-0.39, 0.29) is 0 Å². The van der Waals surface area contributed by atoms with Crippen molar-refractivity contribution in [2.24, 2.45) is 5.84 Å². The summed E-state index contributed by atoms with van der Waals surface area (Å²) in [4.78, 5) is 15.4. The van der Waals surface area contributed by atoms with Crippen LogP contribution in [-0.4, -0.2) is 28.0 Å². The normalized spacial score (nSPS) is 11.4. The fourth-order valence-electron chi connectivity index (χ4n) is 3.23. The van der Waals surface area contributed by atoms with Gasteiger partial charge in [0.15, 0.2) is 0 Å². The Hall–Kier alpha value is -3.51. The lowest BCUT2D eigenvalue weighted by atomic mass is 9.98. The number of hydrogen-bond acceptors (Lipinski definition) is 6. The quantitative estimate of drug-likeness (QED) is 0.261. The van der Waals surface area contributed by atoms with E-state index in [0.717, 1.165) is 39.8 Å². The molecule has 3 rings (SSSR count). The minimum absolute atomic E-state index is 0.331. The largest absolute Gasteiger partial charge is 0.334 e. The second kappa shape index (κ2) is 9.33. The van der Waals surface area contributed by atoms with Gasteiger partial charge in [-0.1, -0.05) is 48.1 Å². The number of hydrazine groups is 1. The number of rotatable bonds is 8. The maximum absolute atomic E-state index is 10.9. The molecule has 0 spiro atoms. The van der Waals surface area contributed by atoms with Crippen LogP contribution in [0.1, 0.15) is 35.1 Å². The molecule has 1 heterocycles. The van der Waals surface area contributed by atoms with Gasteiger partial charge >= 0.3 is 0 Å². The highest BCUT2D eigenvalue weighted by Gasteiger charge is 2.16. The van der Waals surface area contributed by atoms with E-state index in [4.69, 9.17) is 10.4 Å². The molecular formula is C24H26N4O2. The first-order valence-corrected chi connectivity index (χ1v) is 9.81. The fourth-order valence-corrected chi connectivity index (χ4v) is 3.23. The summed E-state index contributed by atoms with van der Waals surface area (Å²) >= 11 is 0. The first-order chi connectivity index (χ1) is 14.4. The molecule has 0 saturated heterocycles. The molecular weight excluding hydrogens is 376 g/mol. The Morgan fingerprint density at radius 1 is 1.20 bits per heavy atom. The van der Waals surface area contributed by atoms with Crippen molar-refractivity contribution in [2.75, 3.05) is 6.54 Å².